The van der Waals surface area contributed by atoms with E-state index in [1.54, 1.807) is 0 Å². The van der Waals surface area contributed by atoms with Crippen molar-refractivity contribution in [2.45, 2.75) is 50.5 Å². The number of aryl methyl sites for hydroxylation is 1. The predicted octanol–water partition coefficient (Wildman–Crippen LogP) is 4.65. The Balaban J connectivity index is 1.17. The average molecular weight is 439 g/mol. The number of hydrogen-bond acceptors (Lipinski definition) is 4. The zero-order valence-electron chi connectivity index (χ0n) is 19.0. The molecule has 168 valence electrons. The van der Waals surface area contributed by atoms with E-state index in [2.05, 4.69) is 46.6 Å². The molecule has 1 aliphatic heterocycles. The fourth-order valence-electron chi connectivity index (χ4n) is 5.45. The molecule has 5 heteroatoms. The average Bonchev–Trinajstić information content (AvgIpc) is 3.50. The smallest absolute Gasteiger partial charge is 0.223 e. The molecule has 1 N–H and O–H groups in total. The molecular weight excluding hydrogens is 408 g/mol. The number of aromatic nitrogens is 2. The van der Waals surface area contributed by atoms with Gasteiger partial charge in [-0.1, -0.05) is 60.7 Å². The van der Waals surface area contributed by atoms with E-state index in [9.17, 15) is 4.79 Å². The Hall–Kier alpha value is -3.21. The van der Waals surface area contributed by atoms with Crippen molar-refractivity contribution in [1.82, 2.24) is 15.3 Å². The maximum atomic E-state index is 13.1. The van der Waals surface area contributed by atoms with Crippen molar-refractivity contribution in [3.8, 4) is 11.4 Å². The van der Waals surface area contributed by atoms with Gasteiger partial charge in [-0.3, -0.25) is 4.79 Å². The van der Waals surface area contributed by atoms with E-state index >= 15 is 0 Å². The minimum atomic E-state index is -0.131. The molecule has 33 heavy (non-hydrogen) atoms. The van der Waals surface area contributed by atoms with Crippen LogP contribution in [-0.2, 0) is 23.2 Å². The van der Waals surface area contributed by atoms with Crippen LogP contribution < -0.4 is 10.2 Å². The van der Waals surface area contributed by atoms with Gasteiger partial charge in [0.1, 0.15) is 5.82 Å². The summed E-state index contributed by atoms with van der Waals surface area (Å²) in [7, 11) is 0. The highest BCUT2D eigenvalue weighted by Gasteiger charge is 2.46. The van der Waals surface area contributed by atoms with Gasteiger partial charge in [-0.2, -0.15) is 0 Å². The zero-order chi connectivity index (χ0) is 22.3. The molecule has 1 aromatic heterocycles. The van der Waals surface area contributed by atoms with Gasteiger partial charge in [-0.05, 0) is 50.5 Å². The Bertz CT molecular complexity index is 1150. The molecule has 2 aromatic carbocycles. The fourth-order valence-corrected chi connectivity index (χ4v) is 5.45. The van der Waals surface area contributed by atoms with E-state index in [-0.39, 0.29) is 17.4 Å². The molecule has 1 saturated carbocycles. The van der Waals surface area contributed by atoms with Gasteiger partial charge < -0.3 is 10.2 Å². The van der Waals surface area contributed by atoms with E-state index in [1.807, 2.05) is 24.3 Å². The number of anilines is 1. The molecule has 6 rings (SSSR count). The van der Waals surface area contributed by atoms with Crippen molar-refractivity contribution < 1.29 is 4.79 Å². The van der Waals surface area contributed by atoms with E-state index in [0.717, 1.165) is 75.2 Å². The highest BCUT2D eigenvalue weighted by molar-refractivity contribution is 5.80. The molecule has 0 unspecified atom stereocenters. The van der Waals surface area contributed by atoms with Gasteiger partial charge in [0.25, 0.3) is 0 Å². The summed E-state index contributed by atoms with van der Waals surface area (Å²) in [6.45, 7) is 1.74. The standard InChI is InChI=1S/C28H30N4O/c33-27(31-28(16-17-28)22-10-5-2-6-11-22)21-14-18-32(19-15-21)26-23-12-7-13-24(23)29-25(30-26)20-8-3-1-4-9-20/h1-6,8-11,21H,7,12-19H2,(H,31,33). The second kappa shape index (κ2) is 8.29. The summed E-state index contributed by atoms with van der Waals surface area (Å²) < 4.78 is 0. The molecule has 3 aromatic rings. The van der Waals surface area contributed by atoms with Gasteiger partial charge >= 0.3 is 0 Å². The quantitative estimate of drug-likeness (QED) is 0.630. The molecule has 2 fully saturated rings. The minimum Gasteiger partial charge on any atom is -0.356 e. The highest BCUT2D eigenvalue weighted by Crippen LogP contribution is 2.46. The first-order chi connectivity index (χ1) is 16.2. The van der Waals surface area contributed by atoms with Gasteiger partial charge in [-0.25, -0.2) is 9.97 Å². The predicted molar refractivity (Wildman–Crippen MR) is 130 cm³/mol. The first kappa shape index (κ1) is 20.4. The number of fused-ring (bicyclic) bond motifs is 1. The van der Waals surface area contributed by atoms with Gasteiger partial charge in [0, 0.05) is 35.8 Å². The lowest BCUT2D eigenvalue weighted by molar-refractivity contribution is -0.126. The molecule has 2 aliphatic carbocycles. The van der Waals surface area contributed by atoms with Crippen LogP contribution in [0.1, 0.15) is 48.9 Å². The SMILES string of the molecule is O=C(NC1(c2ccccc2)CC1)C1CCN(c2nc(-c3ccccc3)nc3c2CCC3)CC1. The highest BCUT2D eigenvalue weighted by atomic mass is 16.2. The lowest BCUT2D eigenvalue weighted by Gasteiger charge is -2.34. The Morgan fingerprint density at radius 3 is 2.30 bits per heavy atom. The van der Waals surface area contributed by atoms with E-state index in [1.165, 1.54) is 16.8 Å². The number of benzene rings is 2. The molecule has 2 heterocycles. The maximum absolute atomic E-state index is 13.1. The Morgan fingerprint density at radius 1 is 0.909 bits per heavy atom. The lowest BCUT2D eigenvalue weighted by Crippen LogP contribution is -2.44. The normalized spacial score (nSPS) is 19.2. The van der Waals surface area contributed by atoms with Crippen LogP contribution in [0.2, 0.25) is 0 Å². The molecule has 0 radical (unpaired) electrons. The Labute approximate surface area is 195 Å². The third-order valence-electron chi connectivity index (χ3n) is 7.55. The molecule has 0 spiro atoms. The number of piperidine rings is 1. The van der Waals surface area contributed by atoms with Crippen LogP contribution in [-0.4, -0.2) is 29.0 Å². The molecule has 0 bridgehead atoms. The maximum Gasteiger partial charge on any atom is 0.223 e. The van der Waals surface area contributed by atoms with Gasteiger partial charge in [0.15, 0.2) is 5.82 Å². The van der Waals surface area contributed by atoms with Gasteiger partial charge in [0.2, 0.25) is 5.91 Å². The number of nitrogens with one attached hydrogen (secondary N) is 1. The topological polar surface area (TPSA) is 58.1 Å². The number of nitrogens with zero attached hydrogens (tertiary/aromatic N) is 3. The second-order valence-corrected chi connectivity index (χ2v) is 9.71. The van der Waals surface area contributed by atoms with Crippen LogP contribution in [0.5, 0.6) is 0 Å². The van der Waals surface area contributed by atoms with Crippen molar-refractivity contribution in [3.63, 3.8) is 0 Å². The molecule has 3 aliphatic rings. The molecular formula is C28H30N4O. The van der Waals surface area contributed by atoms with E-state index in [4.69, 9.17) is 9.97 Å². The van der Waals surface area contributed by atoms with E-state index < -0.39 is 0 Å². The lowest BCUT2D eigenvalue weighted by atomic mass is 9.94. The molecule has 0 atom stereocenters. The van der Waals surface area contributed by atoms with Crippen LogP contribution >= 0.6 is 0 Å². The molecule has 5 nitrogen and oxygen atoms in total. The summed E-state index contributed by atoms with van der Waals surface area (Å²) >= 11 is 0. The number of hydrogen-bond donors (Lipinski definition) is 1. The largest absolute Gasteiger partial charge is 0.356 e. The summed E-state index contributed by atoms with van der Waals surface area (Å²) in [6, 6.07) is 20.7. The zero-order valence-corrected chi connectivity index (χ0v) is 19.0. The van der Waals surface area contributed by atoms with Gasteiger partial charge in [0.05, 0.1) is 5.54 Å². The summed E-state index contributed by atoms with van der Waals surface area (Å²) in [5, 5.41) is 3.40. The second-order valence-electron chi connectivity index (χ2n) is 9.71. The van der Waals surface area contributed by atoms with Crippen molar-refractivity contribution in [1.29, 1.82) is 0 Å². The minimum absolute atomic E-state index is 0.0749. The number of rotatable bonds is 5. The molecule has 1 amide bonds. The summed E-state index contributed by atoms with van der Waals surface area (Å²) in [4.78, 5) is 25.5. The Morgan fingerprint density at radius 2 is 1.61 bits per heavy atom. The van der Waals surface area contributed by atoms with Crippen LogP contribution in [0.25, 0.3) is 11.4 Å². The first-order valence-corrected chi connectivity index (χ1v) is 12.3. The van der Waals surface area contributed by atoms with Crippen LogP contribution in [0.15, 0.2) is 60.7 Å². The third kappa shape index (κ3) is 3.90. The van der Waals surface area contributed by atoms with Crippen molar-refractivity contribution >= 4 is 11.7 Å². The fraction of sp³-hybridized carbons (Fsp3) is 0.393. The number of carbonyl (C=O) groups excluding carboxylic acids is 1. The van der Waals surface area contributed by atoms with Gasteiger partial charge in [-0.15, -0.1) is 0 Å². The first-order valence-electron chi connectivity index (χ1n) is 12.3. The van der Waals surface area contributed by atoms with Crippen molar-refractivity contribution in [3.05, 3.63) is 77.5 Å². The summed E-state index contributed by atoms with van der Waals surface area (Å²) in [5.41, 5.74) is 4.70. The van der Waals surface area contributed by atoms with Crippen LogP contribution in [0.4, 0.5) is 5.82 Å². The van der Waals surface area contributed by atoms with E-state index in [0.29, 0.717) is 0 Å². The van der Waals surface area contributed by atoms with Crippen molar-refractivity contribution in [2.75, 3.05) is 18.0 Å². The summed E-state index contributed by atoms with van der Waals surface area (Å²) in [5.74, 6) is 2.21. The van der Waals surface area contributed by atoms with Crippen LogP contribution in [0.3, 0.4) is 0 Å². The van der Waals surface area contributed by atoms with Crippen molar-refractivity contribution in [2.24, 2.45) is 5.92 Å². The number of carbonyl (C=O) groups is 1. The third-order valence-corrected chi connectivity index (χ3v) is 7.55. The van der Waals surface area contributed by atoms with Crippen LogP contribution in [0, 0.1) is 5.92 Å². The monoisotopic (exact) mass is 438 g/mol. The number of amides is 1. The molecule has 1 saturated heterocycles. The Kier molecular flexibility index (Phi) is 5.12. The summed E-state index contributed by atoms with van der Waals surface area (Å²) in [6.07, 6.45) is 7.06.